The Bertz CT molecular complexity index is 979. The first kappa shape index (κ1) is 18.8. The molecule has 1 fully saturated rings. The predicted molar refractivity (Wildman–Crippen MR) is 111 cm³/mol. The topological polar surface area (TPSA) is 84.7 Å². The van der Waals surface area contributed by atoms with Gasteiger partial charge in [0.2, 0.25) is 0 Å². The molecule has 7 nitrogen and oxygen atoms in total. The van der Waals surface area contributed by atoms with Crippen LogP contribution in [-0.4, -0.2) is 38.7 Å². The van der Waals surface area contributed by atoms with Gasteiger partial charge < -0.3 is 10.6 Å². The number of nitrogens with zero attached hydrogens (tertiary/aromatic N) is 4. The number of pyridine rings is 2. The molecular weight excluding hydrogens is 420 g/mol. The van der Waals surface area contributed by atoms with Crippen molar-refractivity contribution in [2.45, 2.75) is 25.7 Å². The van der Waals surface area contributed by atoms with Crippen molar-refractivity contribution in [3.63, 3.8) is 0 Å². The lowest BCUT2D eigenvalue weighted by atomic mass is 9.95. The van der Waals surface area contributed by atoms with E-state index < -0.39 is 0 Å². The second kappa shape index (κ2) is 8.20. The van der Waals surface area contributed by atoms with Gasteiger partial charge in [0.1, 0.15) is 16.1 Å². The third kappa shape index (κ3) is 4.13. The zero-order valence-corrected chi connectivity index (χ0v) is 17.1. The summed E-state index contributed by atoms with van der Waals surface area (Å²) in [5.74, 6) is 1.35. The third-order valence-corrected chi connectivity index (χ3v) is 5.23. The third-order valence-electron chi connectivity index (χ3n) is 4.79. The maximum absolute atomic E-state index is 12.7. The molecule has 1 saturated heterocycles. The van der Waals surface area contributed by atoms with Gasteiger partial charge in [0.05, 0.1) is 5.69 Å². The number of halogens is 1. The summed E-state index contributed by atoms with van der Waals surface area (Å²) in [7, 11) is 0. The molecule has 3 aromatic heterocycles. The van der Waals surface area contributed by atoms with Gasteiger partial charge in [-0.2, -0.15) is 9.78 Å². The second-order valence-electron chi connectivity index (χ2n) is 6.88. The highest BCUT2D eigenvalue weighted by molar-refractivity contribution is 9.10. The fourth-order valence-corrected chi connectivity index (χ4v) is 3.62. The molecule has 4 rings (SSSR count). The Balaban J connectivity index is 1.68. The van der Waals surface area contributed by atoms with Crippen LogP contribution in [0.15, 0.2) is 47.2 Å². The van der Waals surface area contributed by atoms with Crippen molar-refractivity contribution in [1.82, 2.24) is 25.1 Å². The van der Waals surface area contributed by atoms with Gasteiger partial charge in [-0.3, -0.25) is 4.79 Å². The van der Waals surface area contributed by atoms with Crippen LogP contribution in [0, 0.1) is 6.92 Å². The summed E-state index contributed by atoms with van der Waals surface area (Å²) < 4.78 is 2.32. The average Bonchev–Trinajstić information content (AvgIpc) is 3.13. The number of carbonyl (C=O) groups is 1. The standard InChI is InChI=1S/C20H21BrN6O/c1-13-5-6-18(23-12-13)27-19(11-16(26-27)14-7-9-22-10-8-14)25-20(28)15-3-2-4-17(21)24-15/h2-6,11-12,14,22H,7-10H2,1H3,(H,25,28). The Hall–Kier alpha value is -2.58. The van der Waals surface area contributed by atoms with E-state index in [1.54, 1.807) is 29.1 Å². The summed E-state index contributed by atoms with van der Waals surface area (Å²) in [4.78, 5) is 21.4. The fraction of sp³-hybridized carbons (Fsp3) is 0.300. The van der Waals surface area contributed by atoms with Crippen LogP contribution in [0.3, 0.4) is 0 Å². The van der Waals surface area contributed by atoms with Crippen LogP contribution in [0.4, 0.5) is 5.82 Å². The summed E-state index contributed by atoms with van der Waals surface area (Å²) in [5, 5.41) is 11.1. The lowest BCUT2D eigenvalue weighted by molar-refractivity contribution is 0.102. The number of carbonyl (C=O) groups excluding carboxylic acids is 1. The van der Waals surface area contributed by atoms with E-state index in [0.717, 1.165) is 37.2 Å². The van der Waals surface area contributed by atoms with Crippen LogP contribution in [-0.2, 0) is 0 Å². The van der Waals surface area contributed by atoms with E-state index in [1.165, 1.54) is 0 Å². The molecule has 4 heterocycles. The van der Waals surface area contributed by atoms with Gasteiger partial charge in [0.15, 0.2) is 5.82 Å². The van der Waals surface area contributed by atoms with Crippen molar-refractivity contribution < 1.29 is 4.79 Å². The molecular formula is C20H21BrN6O. The smallest absolute Gasteiger partial charge is 0.275 e. The minimum absolute atomic E-state index is 0.286. The molecule has 0 spiro atoms. The average molecular weight is 441 g/mol. The highest BCUT2D eigenvalue weighted by atomic mass is 79.9. The molecule has 28 heavy (non-hydrogen) atoms. The van der Waals surface area contributed by atoms with E-state index in [4.69, 9.17) is 5.10 Å². The Kier molecular flexibility index (Phi) is 5.50. The number of rotatable bonds is 4. The number of aromatic nitrogens is 4. The Morgan fingerprint density at radius 3 is 2.79 bits per heavy atom. The summed E-state index contributed by atoms with van der Waals surface area (Å²) in [6, 6.07) is 11.1. The molecule has 0 bridgehead atoms. The molecule has 3 aromatic rings. The lowest BCUT2D eigenvalue weighted by Crippen LogP contribution is -2.26. The van der Waals surface area contributed by atoms with Gasteiger partial charge in [-0.05, 0) is 72.5 Å². The van der Waals surface area contributed by atoms with Crippen molar-refractivity contribution in [2.75, 3.05) is 18.4 Å². The van der Waals surface area contributed by atoms with Crippen molar-refractivity contribution in [3.8, 4) is 5.82 Å². The number of amides is 1. The Morgan fingerprint density at radius 2 is 2.07 bits per heavy atom. The Morgan fingerprint density at radius 1 is 1.25 bits per heavy atom. The quantitative estimate of drug-likeness (QED) is 0.606. The molecule has 0 aromatic carbocycles. The van der Waals surface area contributed by atoms with Gasteiger partial charge in [-0.25, -0.2) is 9.97 Å². The number of hydrogen-bond donors (Lipinski definition) is 2. The zero-order chi connectivity index (χ0) is 19.5. The maximum atomic E-state index is 12.7. The van der Waals surface area contributed by atoms with Crippen LogP contribution < -0.4 is 10.6 Å². The van der Waals surface area contributed by atoms with Gasteiger partial charge in [-0.15, -0.1) is 0 Å². The molecule has 1 aliphatic heterocycles. The monoisotopic (exact) mass is 440 g/mol. The van der Waals surface area contributed by atoms with E-state index in [-0.39, 0.29) is 5.91 Å². The summed E-state index contributed by atoms with van der Waals surface area (Å²) >= 11 is 3.31. The summed E-state index contributed by atoms with van der Waals surface area (Å²) in [5.41, 5.74) is 2.38. The van der Waals surface area contributed by atoms with Crippen LogP contribution >= 0.6 is 15.9 Å². The van der Waals surface area contributed by atoms with E-state index >= 15 is 0 Å². The fourth-order valence-electron chi connectivity index (χ4n) is 3.28. The molecule has 2 N–H and O–H groups in total. The van der Waals surface area contributed by atoms with Crippen LogP contribution in [0.2, 0.25) is 0 Å². The van der Waals surface area contributed by atoms with E-state index in [0.29, 0.717) is 27.9 Å². The molecule has 1 amide bonds. The highest BCUT2D eigenvalue weighted by Crippen LogP contribution is 2.28. The van der Waals surface area contributed by atoms with Crippen molar-refractivity contribution >= 4 is 27.7 Å². The van der Waals surface area contributed by atoms with Crippen molar-refractivity contribution in [1.29, 1.82) is 0 Å². The molecule has 144 valence electrons. The van der Waals surface area contributed by atoms with Gasteiger partial charge in [0.25, 0.3) is 5.91 Å². The molecule has 0 unspecified atom stereocenters. The molecule has 8 heteroatoms. The number of hydrogen-bond acceptors (Lipinski definition) is 5. The lowest BCUT2D eigenvalue weighted by Gasteiger charge is -2.20. The molecule has 0 aliphatic carbocycles. The number of piperidine rings is 1. The van der Waals surface area contributed by atoms with E-state index in [9.17, 15) is 4.79 Å². The van der Waals surface area contributed by atoms with Gasteiger partial charge in [0, 0.05) is 18.2 Å². The summed E-state index contributed by atoms with van der Waals surface area (Å²) in [6.45, 7) is 3.94. The molecule has 0 saturated carbocycles. The van der Waals surface area contributed by atoms with E-state index in [1.807, 2.05) is 25.1 Å². The minimum Gasteiger partial charge on any atom is -0.317 e. The van der Waals surface area contributed by atoms with E-state index in [2.05, 4.69) is 36.5 Å². The van der Waals surface area contributed by atoms with Gasteiger partial charge >= 0.3 is 0 Å². The van der Waals surface area contributed by atoms with Crippen molar-refractivity contribution in [2.24, 2.45) is 0 Å². The molecule has 0 atom stereocenters. The number of anilines is 1. The maximum Gasteiger partial charge on any atom is 0.275 e. The first-order valence-electron chi connectivity index (χ1n) is 9.28. The summed E-state index contributed by atoms with van der Waals surface area (Å²) in [6.07, 6.45) is 3.85. The Labute approximate surface area is 171 Å². The minimum atomic E-state index is -0.286. The zero-order valence-electron chi connectivity index (χ0n) is 15.5. The van der Waals surface area contributed by atoms with Crippen LogP contribution in [0.1, 0.15) is 40.5 Å². The highest BCUT2D eigenvalue weighted by Gasteiger charge is 2.22. The first-order valence-corrected chi connectivity index (χ1v) is 10.1. The molecule has 0 radical (unpaired) electrons. The number of nitrogens with one attached hydrogen (secondary N) is 2. The second-order valence-corrected chi connectivity index (χ2v) is 7.70. The normalized spacial score (nSPS) is 14.8. The van der Waals surface area contributed by atoms with Crippen molar-refractivity contribution in [3.05, 3.63) is 64.1 Å². The molecule has 1 aliphatic rings. The predicted octanol–water partition coefficient (Wildman–Crippen LogP) is 3.45. The first-order chi connectivity index (χ1) is 13.6. The van der Waals surface area contributed by atoms with Crippen LogP contribution in [0.25, 0.3) is 5.82 Å². The van der Waals surface area contributed by atoms with Crippen LogP contribution in [0.5, 0.6) is 0 Å². The largest absolute Gasteiger partial charge is 0.317 e. The number of aryl methyl sites for hydroxylation is 1. The van der Waals surface area contributed by atoms with Gasteiger partial charge in [-0.1, -0.05) is 12.1 Å². The SMILES string of the molecule is Cc1ccc(-n2nc(C3CCNCC3)cc2NC(=O)c2cccc(Br)n2)nc1.